The highest BCUT2D eigenvalue weighted by atomic mass is 79.9. The van der Waals surface area contributed by atoms with Crippen LogP contribution in [0.3, 0.4) is 0 Å². The Morgan fingerprint density at radius 2 is 2.32 bits per heavy atom. The number of hydrogen-bond donors (Lipinski definition) is 0. The van der Waals surface area contributed by atoms with Crippen LogP contribution in [0.1, 0.15) is 10.5 Å². The van der Waals surface area contributed by atoms with E-state index in [9.17, 15) is 4.79 Å². The Morgan fingerprint density at radius 3 is 3.05 bits per heavy atom. The summed E-state index contributed by atoms with van der Waals surface area (Å²) in [6, 6.07) is 7.77. The van der Waals surface area contributed by atoms with Gasteiger partial charge in [-0.3, -0.25) is 9.48 Å². The minimum Gasteiger partial charge on any atom is -0.480 e. The summed E-state index contributed by atoms with van der Waals surface area (Å²) in [7, 11) is 1.75. The number of nitrogens with zero attached hydrogens (tertiary/aromatic N) is 2. The first kappa shape index (κ1) is 12.7. The molecule has 1 unspecified atom stereocenters. The molecule has 1 atom stereocenters. The number of halogens is 1. The van der Waals surface area contributed by atoms with Gasteiger partial charge in [-0.15, -0.1) is 11.8 Å². The van der Waals surface area contributed by atoms with Crippen LogP contribution in [-0.4, -0.2) is 27.4 Å². The highest BCUT2D eigenvalue weighted by molar-refractivity contribution is 9.10. The van der Waals surface area contributed by atoms with Crippen molar-refractivity contribution in [2.75, 3.05) is 5.75 Å². The van der Waals surface area contributed by atoms with Gasteiger partial charge >= 0.3 is 0 Å². The van der Waals surface area contributed by atoms with Gasteiger partial charge in [-0.1, -0.05) is 12.1 Å². The van der Waals surface area contributed by atoms with Crippen LogP contribution in [0.5, 0.6) is 5.75 Å². The van der Waals surface area contributed by atoms with Crippen LogP contribution in [0.4, 0.5) is 0 Å². The molecule has 0 radical (unpaired) electrons. The Balaban J connectivity index is 1.88. The van der Waals surface area contributed by atoms with E-state index >= 15 is 0 Å². The number of para-hydroxylation sites is 1. The molecule has 19 heavy (non-hydrogen) atoms. The second-order valence-corrected chi connectivity index (χ2v) is 6.11. The minimum atomic E-state index is -0.466. The third kappa shape index (κ3) is 2.30. The number of carbonyl (C=O) groups is 1. The van der Waals surface area contributed by atoms with Crippen molar-refractivity contribution in [3.8, 4) is 5.75 Å². The number of rotatable bonds is 2. The van der Waals surface area contributed by atoms with E-state index in [-0.39, 0.29) is 5.78 Å². The normalized spacial score (nSPS) is 17.7. The Kier molecular flexibility index (Phi) is 3.36. The fraction of sp³-hybridized carbons (Fsp3) is 0.231. The summed E-state index contributed by atoms with van der Waals surface area (Å²) in [5.74, 6) is 1.34. The van der Waals surface area contributed by atoms with Crippen molar-refractivity contribution in [2.45, 2.75) is 11.0 Å². The van der Waals surface area contributed by atoms with E-state index in [0.717, 1.165) is 10.6 Å². The number of Topliss-reactive ketones (excluding diaryl/α,β-unsaturated/α-hetero) is 1. The Bertz CT molecular complexity index is 622. The van der Waals surface area contributed by atoms with E-state index in [4.69, 9.17) is 4.74 Å². The van der Waals surface area contributed by atoms with Crippen LogP contribution >= 0.6 is 27.7 Å². The molecule has 0 saturated heterocycles. The minimum absolute atomic E-state index is 0.0473. The summed E-state index contributed by atoms with van der Waals surface area (Å²) >= 11 is 4.99. The van der Waals surface area contributed by atoms with Gasteiger partial charge in [0.1, 0.15) is 11.4 Å². The quantitative estimate of drug-likeness (QED) is 0.789. The second-order valence-electron chi connectivity index (χ2n) is 4.19. The number of carbonyl (C=O) groups excluding carboxylic acids is 1. The van der Waals surface area contributed by atoms with Gasteiger partial charge in [0.2, 0.25) is 5.78 Å². The molecule has 98 valence electrons. The highest BCUT2D eigenvalue weighted by Gasteiger charge is 2.30. The standard InChI is InChI=1S/C13H11BrN2O2S/c1-16-12(8(14)6-15-16)13(17)10-7-19-11-5-3-2-4-9(11)18-10/h2-6,10H,7H2,1H3. The zero-order chi connectivity index (χ0) is 13.4. The second kappa shape index (κ2) is 5.02. The lowest BCUT2D eigenvalue weighted by atomic mass is 10.2. The average molecular weight is 339 g/mol. The number of ketones is 1. The molecule has 0 spiro atoms. The Labute approximate surface area is 123 Å². The number of fused-ring (bicyclic) bond motifs is 1. The fourth-order valence-electron chi connectivity index (χ4n) is 1.99. The molecule has 0 N–H and O–H groups in total. The van der Waals surface area contributed by atoms with Crippen LogP contribution < -0.4 is 4.74 Å². The van der Waals surface area contributed by atoms with Crippen molar-refractivity contribution >= 4 is 33.5 Å². The summed E-state index contributed by atoms with van der Waals surface area (Å²) in [6.07, 6.45) is 1.16. The highest BCUT2D eigenvalue weighted by Crippen LogP contribution is 2.36. The lowest BCUT2D eigenvalue weighted by Crippen LogP contribution is -2.33. The zero-order valence-corrected chi connectivity index (χ0v) is 12.6. The molecule has 1 aromatic carbocycles. The topological polar surface area (TPSA) is 44.1 Å². The summed E-state index contributed by atoms with van der Waals surface area (Å²) < 4.78 is 8.07. The summed E-state index contributed by atoms with van der Waals surface area (Å²) in [4.78, 5) is 13.6. The maximum atomic E-state index is 12.5. The Hall–Kier alpha value is -1.27. The first-order valence-electron chi connectivity index (χ1n) is 5.77. The smallest absolute Gasteiger partial charge is 0.223 e. The van der Waals surface area contributed by atoms with E-state index < -0.39 is 6.10 Å². The van der Waals surface area contributed by atoms with E-state index in [1.165, 1.54) is 0 Å². The van der Waals surface area contributed by atoms with Gasteiger partial charge in [-0.05, 0) is 28.1 Å². The molecular weight excluding hydrogens is 328 g/mol. The average Bonchev–Trinajstić information content (AvgIpc) is 2.77. The van der Waals surface area contributed by atoms with E-state index in [1.54, 1.807) is 29.7 Å². The predicted molar refractivity (Wildman–Crippen MR) is 76.8 cm³/mol. The number of thioether (sulfide) groups is 1. The van der Waals surface area contributed by atoms with Crippen LogP contribution in [-0.2, 0) is 7.05 Å². The predicted octanol–water partition coefficient (Wildman–Crippen LogP) is 2.92. The van der Waals surface area contributed by atoms with Gasteiger partial charge in [-0.25, -0.2) is 0 Å². The largest absolute Gasteiger partial charge is 0.480 e. The molecule has 4 nitrogen and oxygen atoms in total. The van der Waals surface area contributed by atoms with Gasteiger partial charge in [0.05, 0.1) is 10.7 Å². The molecule has 1 aliphatic heterocycles. The lowest BCUT2D eigenvalue weighted by molar-refractivity contribution is 0.0804. The fourth-order valence-corrected chi connectivity index (χ4v) is 3.52. The Morgan fingerprint density at radius 1 is 1.53 bits per heavy atom. The molecule has 0 aliphatic carbocycles. The summed E-state index contributed by atoms with van der Waals surface area (Å²) in [5.41, 5.74) is 0.546. The van der Waals surface area contributed by atoms with Crippen LogP contribution in [0.25, 0.3) is 0 Å². The number of benzene rings is 1. The van der Waals surface area contributed by atoms with Crippen molar-refractivity contribution in [2.24, 2.45) is 7.05 Å². The molecule has 0 saturated carbocycles. The third-order valence-electron chi connectivity index (χ3n) is 2.93. The van der Waals surface area contributed by atoms with E-state index in [0.29, 0.717) is 15.9 Å². The maximum Gasteiger partial charge on any atom is 0.223 e. The molecule has 2 heterocycles. The van der Waals surface area contributed by atoms with E-state index in [2.05, 4.69) is 21.0 Å². The van der Waals surface area contributed by atoms with Gasteiger partial charge < -0.3 is 4.74 Å². The van der Waals surface area contributed by atoms with Crippen molar-refractivity contribution in [1.29, 1.82) is 0 Å². The van der Waals surface area contributed by atoms with Crippen molar-refractivity contribution in [1.82, 2.24) is 9.78 Å². The monoisotopic (exact) mass is 338 g/mol. The van der Waals surface area contributed by atoms with Crippen LogP contribution in [0, 0.1) is 0 Å². The molecule has 3 rings (SSSR count). The van der Waals surface area contributed by atoms with Crippen LogP contribution in [0.15, 0.2) is 39.8 Å². The SMILES string of the molecule is Cn1ncc(Br)c1C(=O)C1CSc2ccccc2O1. The molecule has 1 aromatic heterocycles. The molecule has 0 amide bonds. The van der Waals surface area contributed by atoms with Crippen molar-refractivity contribution in [3.63, 3.8) is 0 Å². The van der Waals surface area contributed by atoms with Crippen molar-refractivity contribution < 1.29 is 9.53 Å². The maximum absolute atomic E-state index is 12.5. The molecule has 1 aliphatic rings. The van der Waals surface area contributed by atoms with E-state index in [1.807, 2.05) is 24.3 Å². The molecule has 0 fully saturated rings. The first-order chi connectivity index (χ1) is 9.16. The molecule has 6 heteroatoms. The summed E-state index contributed by atoms with van der Waals surface area (Å²) in [6.45, 7) is 0. The molecular formula is C13H11BrN2O2S. The zero-order valence-electron chi connectivity index (χ0n) is 10.2. The number of aryl methyl sites for hydroxylation is 1. The number of hydrogen-bond acceptors (Lipinski definition) is 4. The number of aromatic nitrogens is 2. The van der Waals surface area contributed by atoms with Crippen LogP contribution in [0.2, 0.25) is 0 Å². The van der Waals surface area contributed by atoms with Gasteiger partial charge in [0.25, 0.3) is 0 Å². The van der Waals surface area contributed by atoms with Crippen molar-refractivity contribution in [3.05, 3.63) is 40.6 Å². The summed E-state index contributed by atoms with van der Waals surface area (Å²) in [5, 5.41) is 4.06. The first-order valence-corrected chi connectivity index (χ1v) is 7.55. The third-order valence-corrected chi connectivity index (χ3v) is 4.63. The van der Waals surface area contributed by atoms with Gasteiger partial charge in [0.15, 0.2) is 6.10 Å². The van der Waals surface area contributed by atoms with Gasteiger partial charge in [0, 0.05) is 17.7 Å². The lowest BCUT2D eigenvalue weighted by Gasteiger charge is -2.24. The molecule has 0 bridgehead atoms. The number of ether oxygens (including phenoxy) is 1. The van der Waals surface area contributed by atoms with Gasteiger partial charge in [-0.2, -0.15) is 5.10 Å². The molecule has 2 aromatic rings.